The maximum absolute atomic E-state index is 13.2. The van der Waals surface area contributed by atoms with Gasteiger partial charge in [0.25, 0.3) is 0 Å². The van der Waals surface area contributed by atoms with E-state index in [1.54, 1.807) is 0 Å². The zero-order chi connectivity index (χ0) is 45.2. The number of aliphatic hydroxyl groups is 2. The lowest BCUT2D eigenvalue weighted by Gasteiger charge is -2.24. The Bertz CT molecular complexity index is 1070. The van der Waals surface area contributed by atoms with Gasteiger partial charge in [0.2, 0.25) is 5.91 Å². The van der Waals surface area contributed by atoms with E-state index in [1.165, 1.54) is 135 Å². The lowest BCUT2D eigenvalue weighted by molar-refractivity contribution is -0.151. The Labute approximate surface area is 385 Å². The van der Waals surface area contributed by atoms with Gasteiger partial charge in [-0.25, -0.2) is 0 Å². The van der Waals surface area contributed by atoms with Crippen molar-refractivity contribution < 1.29 is 24.5 Å². The lowest BCUT2D eigenvalue weighted by Crippen LogP contribution is -2.46. The van der Waals surface area contributed by atoms with E-state index in [0.717, 1.165) is 89.9 Å². The van der Waals surface area contributed by atoms with E-state index < -0.39 is 18.2 Å². The van der Waals surface area contributed by atoms with Gasteiger partial charge in [-0.15, -0.1) is 0 Å². The van der Waals surface area contributed by atoms with Gasteiger partial charge in [-0.3, -0.25) is 9.59 Å². The summed E-state index contributed by atoms with van der Waals surface area (Å²) < 4.78 is 5.91. The predicted molar refractivity (Wildman–Crippen MR) is 269 cm³/mol. The van der Waals surface area contributed by atoms with E-state index in [-0.39, 0.29) is 24.9 Å². The van der Waals surface area contributed by atoms with Gasteiger partial charge in [0.15, 0.2) is 0 Å². The monoisotopic (exact) mass is 870 g/mol. The van der Waals surface area contributed by atoms with Crippen molar-refractivity contribution in [3.63, 3.8) is 0 Å². The molecule has 362 valence electrons. The number of unbranched alkanes of at least 4 members (excludes halogenated alkanes) is 30. The first-order valence-corrected chi connectivity index (χ1v) is 26.9. The summed E-state index contributed by atoms with van der Waals surface area (Å²) in [6, 6.07) is -0.710. The second kappa shape index (κ2) is 49.8. The minimum Gasteiger partial charge on any atom is -0.462 e. The van der Waals surface area contributed by atoms with Gasteiger partial charge in [0, 0.05) is 6.42 Å². The van der Waals surface area contributed by atoms with Gasteiger partial charge in [-0.1, -0.05) is 236 Å². The Morgan fingerprint density at radius 1 is 0.468 bits per heavy atom. The molecule has 0 aromatic carbocycles. The maximum Gasteiger partial charge on any atom is 0.306 e. The average molecular weight is 870 g/mol. The molecule has 3 atom stereocenters. The molecule has 0 aliphatic rings. The first kappa shape index (κ1) is 59.8. The number of aliphatic hydroxyl groups excluding tert-OH is 2. The molecule has 6 nitrogen and oxygen atoms in total. The molecule has 0 radical (unpaired) electrons. The minimum atomic E-state index is -0.795. The molecule has 0 aromatic heterocycles. The maximum atomic E-state index is 13.2. The van der Waals surface area contributed by atoms with Gasteiger partial charge in [-0.2, -0.15) is 0 Å². The number of ether oxygens (including phenoxy) is 1. The summed E-state index contributed by atoms with van der Waals surface area (Å²) in [6.45, 7) is 6.43. The third kappa shape index (κ3) is 44.4. The summed E-state index contributed by atoms with van der Waals surface area (Å²) in [5, 5.41) is 23.8. The molecule has 0 spiro atoms. The van der Waals surface area contributed by atoms with Crippen molar-refractivity contribution in [2.45, 2.75) is 289 Å². The molecule has 0 aromatic rings. The van der Waals surface area contributed by atoms with E-state index in [4.69, 9.17) is 4.74 Å². The second-order valence-corrected chi connectivity index (χ2v) is 18.3. The van der Waals surface area contributed by atoms with Crippen LogP contribution in [0.2, 0.25) is 0 Å². The number of rotatable bonds is 48. The Hall–Kier alpha value is -2.18. The molecule has 0 fully saturated rings. The molecule has 3 unspecified atom stereocenters. The molecule has 0 saturated heterocycles. The smallest absolute Gasteiger partial charge is 0.306 e. The van der Waals surface area contributed by atoms with Crippen LogP contribution in [0.4, 0.5) is 0 Å². The highest BCUT2D eigenvalue weighted by Crippen LogP contribution is 2.18. The molecule has 0 bridgehead atoms. The first-order valence-electron chi connectivity index (χ1n) is 26.9. The zero-order valence-electron chi connectivity index (χ0n) is 41.3. The molecule has 0 saturated carbocycles. The third-order valence-corrected chi connectivity index (χ3v) is 12.2. The second-order valence-electron chi connectivity index (χ2n) is 18.3. The zero-order valence-corrected chi connectivity index (χ0v) is 41.3. The topological polar surface area (TPSA) is 95.9 Å². The van der Waals surface area contributed by atoms with Gasteiger partial charge < -0.3 is 20.3 Å². The van der Waals surface area contributed by atoms with Crippen molar-refractivity contribution in [1.29, 1.82) is 0 Å². The summed E-state index contributed by atoms with van der Waals surface area (Å²) in [5.41, 5.74) is 0. The molecule has 62 heavy (non-hydrogen) atoms. The highest BCUT2D eigenvalue weighted by molar-refractivity contribution is 5.77. The average Bonchev–Trinajstić information content (AvgIpc) is 3.26. The Kier molecular flexibility index (Phi) is 48.1. The van der Waals surface area contributed by atoms with Crippen LogP contribution in [0.25, 0.3) is 0 Å². The number of hydrogen-bond acceptors (Lipinski definition) is 5. The summed E-state index contributed by atoms with van der Waals surface area (Å²) in [6.07, 6.45) is 60.3. The van der Waals surface area contributed by atoms with Crippen LogP contribution in [0.1, 0.15) is 271 Å². The van der Waals surface area contributed by atoms with Crippen molar-refractivity contribution in [2.24, 2.45) is 0 Å². The van der Waals surface area contributed by atoms with Crippen molar-refractivity contribution >= 4 is 11.9 Å². The Morgan fingerprint density at radius 2 is 0.855 bits per heavy atom. The summed E-state index contributed by atoms with van der Waals surface area (Å²) in [5.74, 6) is -0.509. The van der Waals surface area contributed by atoms with Crippen LogP contribution in [0, 0.1) is 0 Å². The first-order chi connectivity index (χ1) is 30.5. The van der Waals surface area contributed by atoms with Crippen molar-refractivity contribution in [3.8, 4) is 0 Å². The van der Waals surface area contributed by atoms with Crippen molar-refractivity contribution in [3.05, 3.63) is 48.6 Å². The fourth-order valence-electron chi connectivity index (χ4n) is 8.06. The molecule has 6 heteroatoms. The van der Waals surface area contributed by atoms with Gasteiger partial charge in [-0.05, 0) is 70.6 Å². The van der Waals surface area contributed by atoms with Crippen LogP contribution in [0.15, 0.2) is 48.6 Å². The van der Waals surface area contributed by atoms with E-state index in [0.29, 0.717) is 19.3 Å². The predicted octanol–water partition coefficient (Wildman–Crippen LogP) is 16.2. The quantitative estimate of drug-likeness (QED) is 0.0245. The van der Waals surface area contributed by atoms with Crippen molar-refractivity contribution in [2.75, 3.05) is 6.61 Å². The molecular formula is C56H103NO5. The highest BCUT2D eigenvalue weighted by Gasteiger charge is 2.24. The molecule has 0 rings (SSSR count). The molecule has 3 N–H and O–H groups in total. The van der Waals surface area contributed by atoms with E-state index >= 15 is 0 Å². The number of amides is 1. The number of hydrogen-bond donors (Lipinski definition) is 3. The normalized spacial score (nSPS) is 13.6. The Balaban J connectivity index is 4.46. The van der Waals surface area contributed by atoms with Crippen LogP contribution in [0.3, 0.4) is 0 Å². The number of allylic oxidation sites excluding steroid dienone is 8. The third-order valence-electron chi connectivity index (χ3n) is 12.2. The highest BCUT2D eigenvalue weighted by atomic mass is 16.5. The number of carbonyl (C=O) groups excluding carboxylic acids is 2. The van der Waals surface area contributed by atoms with Crippen molar-refractivity contribution in [1.82, 2.24) is 5.32 Å². The number of carbonyl (C=O) groups is 2. The minimum absolute atomic E-state index is 0.0586. The fraction of sp³-hybridized carbons (Fsp3) is 0.821. The summed E-state index contributed by atoms with van der Waals surface area (Å²) in [4.78, 5) is 26.1. The molecular weight excluding hydrogens is 767 g/mol. The fourth-order valence-corrected chi connectivity index (χ4v) is 8.06. The molecule has 0 aliphatic carbocycles. The number of nitrogens with one attached hydrogen (secondary N) is 1. The van der Waals surface area contributed by atoms with Crippen LogP contribution in [-0.4, -0.2) is 46.9 Å². The molecule has 1 amide bonds. The van der Waals surface area contributed by atoms with E-state index in [1.807, 2.05) is 0 Å². The largest absolute Gasteiger partial charge is 0.462 e. The van der Waals surface area contributed by atoms with Crippen LogP contribution >= 0.6 is 0 Å². The van der Waals surface area contributed by atoms with Gasteiger partial charge in [0.1, 0.15) is 6.10 Å². The molecule has 0 aliphatic heterocycles. The Morgan fingerprint density at radius 3 is 1.34 bits per heavy atom. The standard InChI is InChI=1S/C56H103NO5/c1-4-7-10-13-16-19-21-23-25-27-28-30-32-34-37-40-43-46-49-56(61)62-52(47-44-41-38-35-18-15-12-9-6-3)50-55(60)57-53(51-58)54(59)48-45-42-39-36-33-31-29-26-24-22-20-17-14-11-8-5-2/h15,18,21,23,25,27-28,30,52-54,58-59H,4-14,16-17,19-20,22,24,26,29,31-51H2,1-3H3,(H,57,60)/b18-15-,23-21+,27-25+,30-28+. The van der Waals surface area contributed by atoms with Crippen LogP contribution in [-0.2, 0) is 14.3 Å². The van der Waals surface area contributed by atoms with Gasteiger partial charge >= 0.3 is 5.97 Å². The number of esters is 1. The lowest BCUT2D eigenvalue weighted by atomic mass is 10.0. The van der Waals surface area contributed by atoms with Gasteiger partial charge in [0.05, 0.1) is 25.2 Å². The van der Waals surface area contributed by atoms with E-state index in [9.17, 15) is 19.8 Å². The van der Waals surface area contributed by atoms with E-state index in [2.05, 4.69) is 74.7 Å². The van der Waals surface area contributed by atoms with Crippen LogP contribution < -0.4 is 5.32 Å². The van der Waals surface area contributed by atoms with Crippen LogP contribution in [0.5, 0.6) is 0 Å². The summed E-state index contributed by atoms with van der Waals surface area (Å²) >= 11 is 0. The molecule has 0 heterocycles. The SMILES string of the molecule is CCCC/C=C\CCCCCC(CC(=O)NC(CO)C(O)CCCCCCCCCCCCCCCCCC)OC(=O)CCCCCCC/C=C/C=C/C=C/CCCCCCC. The summed E-state index contributed by atoms with van der Waals surface area (Å²) in [7, 11) is 0.